The fourth-order valence-corrected chi connectivity index (χ4v) is 4.50. The second-order valence-corrected chi connectivity index (χ2v) is 8.63. The Kier molecular flexibility index (Phi) is 7.79. The predicted octanol–water partition coefficient (Wildman–Crippen LogP) is 2.85. The number of hydrogen-bond donors (Lipinski definition) is 3. The average molecular weight is 453 g/mol. The van der Waals surface area contributed by atoms with Crippen molar-refractivity contribution in [3.63, 3.8) is 0 Å². The van der Waals surface area contributed by atoms with Gasteiger partial charge in [0.05, 0.1) is 11.8 Å². The highest BCUT2D eigenvalue weighted by Crippen LogP contribution is 2.44. The van der Waals surface area contributed by atoms with Crippen molar-refractivity contribution >= 4 is 29.7 Å². The molecule has 2 aromatic carbocycles. The van der Waals surface area contributed by atoms with Crippen LogP contribution in [0.5, 0.6) is 0 Å². The van der Waals surface area contributed by atoms with Crippen LogP contribution in [-0.4, -0.2) is 53.3 Å². The van der Waals surface area contributed by atoms with Crippen molar-refractivity contribution in [3.8, 4) is 23.5 Å². The largest absolute Gasteiger partial charge is 0.480 e. The number of rotatable bonds is 9. The molecule has 0 spiro atoms. The van der Waals surface area contributed by atoms with Crippen LogP contribution in [0.1, 0.15) is 24.0 Å². The first-order valence-corrected chi connectivity index (χ1v) is 11.1. The van der Waals surface area contributed by atoms with Crippen LogP contribution in [0.2, 0.25) is 0 Å². The molecule has 32 heavy (non-hydrogen) atoms. The van der Waals surface area contributed by atoms with Gasteiger partial charge in [0.25, 0.3) is 0 Å². The van der Waals surface area contributed by atoms with Crippen molar-refractivity contribution in [2.75, 3.05) is 18.9 Å². The number of benzene rings is 2. The van der Waals surface area contributed by atoms with E-state index in [-0.39, 0.29) is 30.7 Å². The van der Waals surface area contributed by atoms with Crippen LogP contribution in [0.25, 0.3) is 11.1 Å². The van der Waals surface area contributed by atoms with E-state index in [0.717, 1.165) is 34.0 Å². The Hall–Kier alpha value is -3.44. The zero-order valence-corrected chi connectivity index (χ0v) is 18.4. The van der Waals surface area contributed by atoms with Crippen LogP contribution in [-0.2, 0) is 14.3 Å². The number of nitrogens with one attached hydrogen (secondary N) is 2. The number of alkyl carbamates (subject to hydrolysis) is 1. The summed E-state index contributed by atoms with van der Waals surface area (Å²) in [6.07, 6.45) is 4.29. The van der Waals surface area contributed by atoms with Gasteiger partial charge >= 0.3 is 12.1 Å². The molecule has 7 nitrogen and oxygen atoms in total. The maximum absolute atomic E-state index is 12.4. The molecular weight excluding hydrogens is 428 g/mol. The van der Waals surface area contributed by atoms with E-state index in [0.29, 0.717) is 0 Å². The van der Waals surface area contributed by atoms with Crippen molar-refractivity contribution in [2.45, 2.75) is 24.1 Å². The molecule has 2 amide bonds. The van der Waals surface area contributed by atoms with Gasteiger partial charge < -0.3 is 20.5 Å². The number of ether oxygens (including phenoxy) is 1. The Morgan fingerprint density at radius 3 is 2.28 bits per heavy atom. The van der Waals surface area contributed by atoms with Gasteiger partial charge in [-0.25, -0.2) is 9.59 Å². The number of fused-ring (bicyclic) bond motifs is 3. The number of thioether (sulfide) groups is 1. The average Bonchev–Trinajstić information content (AvgIpc) is 3.12. The maximum Gasteiger partial charge on any atom is 0.407 e. The number of aliphatic carboxylic acids is 1. The number of terminal acetylenes is 1. The van der Waals surface area contributed by atoms with E-state index in [1.807, 2.05) is 48.5 Å². The number of carboxylic acids is 1. The molecule has 2 aromatic rings. The molecule has 2 atom stereocenters. The van der Waals surface area contributed by atoms with Gasteiger partial charge in [0.15, 0.2) is 0 Å². The second-order valence-electron chi connectivity index (χ2n) is 7.26. The third kappa shape index (κ3) is 5.42. The highest BCUT2D eigenvalue weighted by molar-refractivity contribution is 8.00. The number of amides is 2. The minimum atomic E-state index is -1.21. The normalized spacial score (nSPS) is 13.8. The summed E-state index contributed by atoms with van der Waals surface area (Å²) in [7, 11) is 0. The van der Waals surface area contributed by atoms with E-state index < -0.39 is 23.4 Å². The molecule has 8 heteroatoms. The van der Waals surface area contributed by atoms with E-state index in [1.54, 1.807) is 6.92 Å². The summed E-state index contributed by atoms with van der Waals surface area (Å²) in [5.74, 6) is 0.688. The lowest BCUT2D eigenvalue weighted by molar-refractivity contribution is -0.138. The lowest BCUT2D eigenvalue weighted by atomic mass is 9.98. The molecule has 0 aliphatic heterocycles. The second kappa shape index (κ2) is 10.7. The van der Waals surface area contributed by atoms with Gasteiger partial charge in [-0.15, -0.1) is 18.2 Å². The molecule has 0 aromatic heterocycles. The van der Waals surface area contributed by atoms with Crippen molar-refractivity contribution in [1.82, 2.24) is 10.6 Å². The standard InChI is InChI=1S/C24H24N2O5S/c1-3-12-25-22(27)15(2)32-14-21(23(28)29)26-24(30)31-13-20-18-10-6-4-8-16(18)17-9-5-7-11-19(17)20/h1,4-11,15,20-21H,12-14H2,2H3,(H,25,27)(H,26,30)(H,28,29). The Balaban J connectivity index is 1.57. The third-order valence-electron chi connectivity index (χ3n) is 5.18. The predicted molar refractivity (Wildman–Crippen MR) is 123 cm³/mol. The summed E-state index contributed by atoms with van der Waals surface area (Å²) in [6.45, 7) is 1.83. The molecular formula is C24H24N2O5S. The number of carboxylic acid groups (broad SMARTS) is 1. The molecule has 166 valence electrons. The molecule has 0 heterocycles. The van der Waals surface area contributed by atoms with Gasteiger partial charge in [-0.1, -0.05) is 54.5 Å². The van der Waals surface area contributed by atoms with E-state index in [2.05, 4.69) is 16.6 Å². The van der Waals surface area contributed by atoms with Crippen LogP contribution in [0, 0.1) is 12.3 Å². The van der Waals surface area contributed by atoms with Crippen molar-refractivity contribution in [2.24, 2.45) is 0 Å². The Labute approximate surface area is 190 Å². The fraction of sp³-hybridized carbons (Fsp3) is 0.292. The maximum atomic E-state index is 12.4. The van der Waals surface area contributed by atoms with E-state index in [9.17, 15) is 19.5 Å². The van der Waals surface area contributed by atoms with E-state index in [1.165, 1.54) is 0 Å². The fourth-order valence-electron chi connectivity index (χ4n) is 3.56. The molecule has 2 unspecified atom stereocenters. The van der Waals surface area contributed by atoms with Crippen LogP contribution in [0.3, 0.4) is 0 Å². The Morgan fingerprint density at radius 1 is 1.12 bits per heavy atom. The topological polar surface area (TPSA) is 105 Å². The summed E-state index contributed by atoms with van der Waals surface area (Å²) in [5.41, 5.74) is 4.35. The van der Waals surface area contributed by atoms with Crippen LogP contribution in [0.15, 0.2) is 48.5 Å². The monoisotopic (exact) mass is 452 g/mol. The first kappa shape index (κ1) is 23.2. The van der Waals surface area contributed by atoms with Gasteiger partial charge in [-0.3, -0.25) is 4.79 Å². The lowest BCUT2D eigenvalue weighted by Gasteiger charge is -2.18. The summed E-state index contributed by atoms with van der Waals surface area (Å²) in [5, 5.41) is 13.8. The quantitative estimate of drug-likeness (QED) is 0.506. The van der Waals surface area contributed by atoms with Gasteiger partial charge in [0, 0.05) is 11.7 Å². The molecule has 0 bridgehead atoms. The van der Waals surface area contributed by atoms with Crippen molar-refractivity contribution in [1.29, 1.82) is 0 Å². The van der Waals surface area contributed by atoms with E-state index in [4.69, 9.17) is 11.2 Å². The summed E-state index contributed by atoms with van der Waals surface area (Å²) < 4.78 is 5.40. The SMILES string of the molecule is C#CCNC(=O)C(C)SCC(NC(=O)OCC1c2ccccc2-c2ccccc21)C(=O)O. The first-order chi connectivity index (χ1) is 15.4. The summed E-state index contributed by atoms with van der Waals surface area (Å²) in [6, 6.07) is 14.7. The molecule has 0 saturated heterocycles. The number of hydrogen-bond acceptors (Lipinski definition) is 5. The molecule has 0 radical (unpaired) electrons. The summed E-state index contributed by atoms with van der Waals surface area (Å²) >= 11 is 1.11. The van der Waals surface area contributed by atoms with Crippen LogP contribution >= 0.6 is 11.8 Å². The third-order valence-corrected chi connectivity index (χ3v) is 6.42. The highest BCUT2D eigenvalue weighted by Gasteiger charge is 2.30. The zero-order chi connectivity index (χ0) is 23.1. The molecule has 0 fully saturated rings. The molecule has 3 rings (SSSR count). The van der Waals surface area contributed by atoms with Gasteiger partial charge in [-0.05, 0) is 29.2 Å². The van der Waals surface area contributed by atoms with Gasteiger partial charge in [-0.2, -0.15) is 0 Å². The first-order valence-electron chi connectivity index (χ1n) is 10.1. The van der Waals surface area contributed by atoms with Crippen LogP contribution < -0.4 is 10.6 Å². The molecule has 3 N–H and O–H groups in total. The Bertz CT molecular complexity index is 1000. The van der Waals surface area contributed by atoms with E-state index >= 15 is 0 Å². The van der Waals surface area contributed by atoms with Crippen LogP contribution in [0.4, 0.5) is 4.79 Å². The van der Waals surface area contributed by atoms with Gasteiger partial charge in [0.2, 0.25) is 5.91 Å². The lowest BCUT2D eigenvalue weighted by Crippen LogP contribution is -2.44. The molecule has 1 aliphatic rings. The number of carbonyl (C=O) groups is 3. The zero-order valence-electron chi connectivity index (χ0n) is 17.5. The van der Waals surface area contributed by atoms with Crippen molar-refractivity contribution in [3.05, 3.63) is 59.7 Å². The minimum absolute atomic E-state index is 0.00414. The minimum Gasteiger partial charge on any atom is -0.480 e. The van der Waals surface area contributed by atoms with Crippen molar-refractivity contribution < 1.29 is 24.2 Å². The smallest absolute Gasteiger partial charge is 0.407 e. The summed E-state index contributed by atoms with van der Waals surface area (Å²) in [4.78, 5) is 35.8. The highest BCUT2D eigenvalue weighted by atomic mass is 32.2. The molecule has 1 aliphatic carbocycles. The molecule has 0 saturated carbocycles. The Morgan fingerprint density at radius 2 is 1.72 bits per heavy atom. The van der Waals surface area contributed by atoms with Gasteiger partial charge in [0.1, 0.15) is 12.6 Å². The number of carbonyl (C=O) groups excluding carboxylic acids is 2.